The number of nitrogens with one attached hydrogen (secondary N) is 1. The lowest BCUT2D eigenvalue weighted by Gasteiger charge is -2.45. The van der Waals surface area contributed by atoms with Crippen molar-refractivity contribution in [3.05, 3.63) is 0 Å². The molecule has 2 fully saturated rings. The second kappa shape index (κ2) is 4.57. The van der Waals surface area contributed by atoms with E-state index in [-0.39, 0.29) is 12.5 Å². The van der Waals surface area contributed by atoms with E-state index < -0.39 is 22.9 Å². The predicted molar refractivity (Wildman–Crippen MR) is 65.9 cm³/mol. The minimum atomic E-state index is -1.07. The van der Waals surface area contributed by atoms with E-state index in [1.807, 2.05) is 0 Å². The monoisotopic (exact) mass is 269 g/mol. The van der Waals surface area contributed by atoms with Gasteiger partial charge in [0, 0.05) is 13.2 Å². The van der Waals surface area contributed by atoms with Crippen LogP contribution in [-0.4, -0.2) is 53.5 Å². The van der Waals surface area contributed by atoms with Crippen LogP contribution in [0.15, 0.2) is 0 Å². The molecular weight excluding hydrogens is 250 g/mol. The van der Waals surface area contributed by atoms with E-state index in [1.54, 1.807) is 13.8 Å². The molecule has 7 heteroatoms. The highest BCUT2D eigenvalue weighted by atomic mass is 16.5. The van der Waals surface area contributed by atoms with E-state index in [9.17, 15) is 14.4 Å². The van der Waals surface area contributed by atoms with Gasteiger partial charge in [0.05, 0.1) is 5.54 Å². The van der Waals surface area contributed by atoms with Crippen molar-refractivity contribution in [2.45, 2.75) is 37.8 Å². The van der Waals surface area contributed by atoms with Crippen LogP contribution in [0.4, 0.5) is 0 Å². The summed E-state index contributed by atoms with van der Waals surface area (Å²) in [5.41, 5.74) is 4.01. The van der Waals surface area contributed by atoms with Gasteiger partial charge in [-0.15, -0.1) is 0 Å². The van der Waals surface area contributed by atoms with E-state index >= 15 is 0 Å². The zero-order valence-corrected chi connectivity index (χ0v) is 11.2. The van der Waals surface area contributed by atoms with Gasteiger partial charge in [-0.05, 0) is 26.7 Å². The van der Waals surface area contributed by atoms with Gasteiger partial charge in [0.25, 0.3) is 5.91 Å². The zero-order valence-electron chi connectivity index (χ0n) is 11.2. The summed E-state index contributed by atoms with van der Waals surface area (Å²) >= 11 is 0. The maximum atomic E-state index is 12.6. The number of hydrogen-bond acceptors (Lipinski definition) is 5. The van der Waals surface area contributed by atoms with Crippen molar-refractivity contribution in [1.29, 1.82) is 0 Å². The molecule has 0 unspecified atom stereocenters. The molecule has 2 saturated heterocycles. The highest BCUT2D eigenvalue weighted by Gasteiger charge is 2.49. The highest BCUT2D eigenvalue weighted by Crippen LogP contribution is 2.26. The van der Waals surface area contributed by atoms with Crippen molar-refractivity contribution in [3.8, 4) is 0 Å². The first-order valence-electron chi connectivity index (χ1n) is 6.30. The third-order valence-corrected chi connectivity index (χ3v) is 3.84. The average Bonchev–Trinajstić information content (AvgIpc) is 2.34. The summed E-state index contributed by atoms with van der Waals surface area (Å²) < 4.78 is 5.20. The van der Waals surface area contributed by atoms with Crippen LogP contribution in [0.2, 0.25) is 0 Å². The third kappa shape index (κ3) is 2.35. The van der Waals surface area contributed by atoms with Crippen molar-refractivity contribution >= 4 is 17.7 Å². The topological polar surface area (TPSA) is 102 Å². The van der Waals surface area contributed by atoms with Gasteiger partial charge >= 0.3 is 0 Å². The van der Waals surface area contributed by atoms with Crippen LogP contribution in [0.1, 0.15) is 26.7 Å². The lowest BCUT2D eigenvalue weighted by Crippen LogP contribution is -2.70. The Morgan fingerprint density at radius 3 is 2.47 bits per heavy atom. The van der Waals surface area contributed by atoms with E-state index in [0.717, 1.165) is 0 Å². The van der Waals surface area contributed by atoms with E-state index in [4.69, 9.17) is 10.5 Å². The molecule has 106 valence electrons. The van der Waals surface area contributed by atoms with Gasteiger partial charge in [0.1, 0.15) is 12.1 Å². The number of rotatable bonds is 1. The molecule has 0 radical (unpaired) electrons. The first-order chi connectivity index (χ1) is 8.77. The number of ether oxygens (including phenoxy) is 1. The van der Waals surface area contributed by atoms with Gasteiger partial charge in [0.2, 0.25) is 11.8 Å². The standard InChI is InChI=1S/C12H19N3O4/c1-11(2)9(17)14-8(16)7-15(11)10(18)12(13)3-5-19-6-4-12/h3-7,13H2,1-2H3,(H,14,16,17). The van der Waals surface area contributed by atoms with Gasteiger partial charge in [-0.3, -0.25) is 19.7 Å². The number of piperazine rings is 1. The normalized spacial score (nSPS) is 25.9. The van der Waals surface area contributed by atoms with Crippen LogP contribution < -0.4 is 11.1 Å². The Bertz CT molecular complexity index is 427. The van der Waals surface area contributed by atoms with E-state index in [0.29, 0.717) is 26.1 Å². The molecular formula is C12H19N3O4. The average molecular weight is 269 g/mol. The predicted octanol–water partition coefficient (Wildman–Crippen LogP) is -1.24. The highest BCUT2D eigenvalue weighted by molar-refractivity contribution is 6.07. The summed E-state index contributed by atoms with van der Waals surface area (Å²) in [5.74, 6) is -1.31. The molecule has 2 rings (SSSR count). The van der Waals surface area contributed by atoms with E-state index in [1.165, 1.54) is 4.90 Å². The van der Waals surface area contributed by atoms with Crippen molar-refractivity contribution in [3.63, 3.8) is 0 Å². The van der Waals surface area contributed by atoms with Crippen molar-refractivity contribution in [1.82, 2.24) is 10.2 Å². The molecule has 0 aliphatic carbocycles. The summed E-state index contributed by atoms with van der Waals surface area (Å²) in [5, 5.41) is 2.23. The molecule has 0 aromatic rings. The van der Waals surface area contributed by atoms with Crippen LogP contribution in [-0.2, 0) is 19.1 Å². The van der Waals surface area contributed by atoms with Gasteiger partial charge < -0.3 is 15.4 Å². The van der Waals surface area contributed by atoms with Crippen LogP contribution in [0.3, 0.4) is 0 Å². The Kier molecular flexibility index (Phi) is 3.36. The molecule has 7 nitrogen and oxygen atoms in total. The van der Waals surface area contributed by atoms with Crippen LogP contribution in [0, 0.1) is 0 Å². The molecule has 2 heterocycles. The quantitative estimate of drug-likeness (QED) is 0.580. The molecule has 0 aromatic carbocycles. The molecule has 0 spiro atoms. The number of imide groups is 1. The summed E-state index contributed by atoms with van der Waals surface area (Å²) in [6.45, 7) is 3.90. The minimum absolute atomic E-state index is 0.141. The SMILES string of the molecule is CC1(C)C(=O)NC(=O)CN1C(=O)C1(N)CCOCC1. The Balaban J connectivity index is 2.25. The summed E-state index contributed by atoms with van der Waals surface area (Å²) in [6, 6.07) is 0. The van der Waals surface area contributed by atoms with Crippen molar-refractivity contribution in [2.24, 2.45) is 5.73 Å². The lowest BCUT2D eigenvalue weighted by atomic mass is 9.86. The van der Waals surface area contributed by atoms with Crippen molar-refractivity contribution in [2.75, 3.05) is 19.8 Å². The Morgan fingerprint density at radius 1 is 1.32 bits per heavy atom. The fourth-order valence-corrected chi connectivity index (χ4v) is 2.33. The number of carbonyl (C=O) groups is 3. The smallest absolute Gasteiger partial charge is 0.252 e. The van der Waals surface area contributed by atoms with E-state index in [2.05, 4.69) is 5.32 Å². The molecule has 0 atom stereocenters. The third-order valence-electron chi connectivity index (χ3n) is 3.84. The fraction of sp³-hybridized carbons (Fsp3) is 0.750. The minimum Gasteiger partial charge on any atom is -0.381 e. The number of nitrogens with two attached hydrogens (primary N) is 1. The fourth-order valence-electron chi connectivity index (χ4n) is 2.33. The summed E-state index contributed by atoms with van der Waals surface area (Å²) in [4.78, 5) is 37.2. The molecule has 0 saturated carbocycles. The Morgan fingerprint density at radius 2 is 1.89 bits per heavy atom. The maximum Gasteiger partial charge on any atom is 0.252 e. The maximum absolute atomic E-state index is 12.6. The lowest BCUT2D eigenvalue weighted by molar-refractivity contribution is -0.160. The summed E-state index contributed by atoms with van der Waals surface area (Å²) in [7, 11) is 0. The van der Waals surface area contributed by atoms with Gasteiger partial charge in [0.15, 0.2) is 0 Å². The second-order valence-electron chi connectivity index (χ2n) is 5.60. The number of carbonyl (C=O) groups excluding carboxylic acids is 3. The van der Waals surface area contributed by atoms with Crippen LogP contribution in [0.25, 0.3) is 0 Å². The molecule has 0 aromatic heterocycles. The first kappa shape index (κ1) is 14.0. The first-order valence-corrected chi connectivity index (χ1v) is 6.30. The Labute approximate surface area is 111 Å². The molecule has 0 bridgehead atoms. The molecule has 2 aliphatic heterocycles. The molecule has 3 amide bonds. The molecule has 3 N–H and O–H groups in total. The molecule has 19 heavy (non-hydrogen) atoms. The van der Waals surface area contributed by atoms with Crippen molar-refractivity contribution < 1.29 is 19.1 Å². The number of hydrogen-bond donors (Lipinski definition) is 2. The van der Waals surface area contributed by atoms with Crippen LogP contribution in [0.5, 0.6) is 0 Å². The largest absolute Gasteiger partial charge is 0.381 e. The second-order valence-corrected chi connectivity index (χ2v) is 5.60. The summed E-state index contributed by atoms with van der Waals surface area (Å²) in [6.07, 6.45) is 0.794. The Hall–Kier alpha value is -1.47. The number of amides is 3. The van der Waals surface area contributed by atoms with Gasteiger partial charge in [-0.2, -0.15) is 0 Å². The van der Waals surface area contributed by atoms with Gasteiger partial charge in [-0.1, -0.05) is 0 Å². The number of nitrogens with zero attached hydrogens (tertiary/aromatic N) is 1. The van der Waals surface area contributed by atoms with Gasteiger partial charge in [-0.25, -0.2) is 0 Å². The van der Waals surface area contributed by atoms with Crippen LogP contribution >= 0.6 is 0 Å². The zero-order chi connectivity index (χ0) is 14.3. The molecule has 2 aliphatic rings.